The van der Waals surface area contributed by atoms with Gasteiger partial charge in [0.05, 0.1) is 5.60 Å². The minimum absolute atomic E-state index is 0.404. The van der Waals surface area contributed by atoms with Crippen molar-refractivity contribution < 1.29 is 5.11 Å². The third-order valence-electron chi connectivity index (χ3n) is 4.34. The monoisotopic (exact) mass is 237 g/mol. The van der Waals surface area contributed by atoms with Crippen molar-refractivity contribution in [2.24, 2.45) is 5.92 Å². The van der Waals surface area contributed by atoms with Crippen molar-refractivity contribution in [1.29, 1.82) is 0 Å². The van der Waals surface area contributed by atoms with E-state index < -0.39 is 5.60 Å². The number of hydrogen-bond donors (Lipinski definition) is 1. The predicted octanol–water partition coefficient (Wildman–Crippen LogP) is 2.97. The van der Waals surface area contributed by atoms with Crippen LogP contribution in [0.3, 0.4) is 0 Å². The standard InChI is InChI=1S/C15H27NO/c1-4-6-12(2)9-13-10-15(3,17)14-7-5-8-16(14)11-13/h9,12,14,17H,4-8,10-11H2,1-3H3/b13-9+/t12-,14+,15+/m1/s1. The van der Waals surface area contributed by atoms with E-state index in [4.69, 9.17) is 0 Å². The topological polar surface area (TPSA) is 23.5 Å². The predicted molar refractivity (Wildman–Crippen MR) is 72.0 cm³/mol. The van der Waals surface area contributed by atoms with E-state index in [0.29, 0.717) is 12.0 Å². The first-order chi connectivity index (χ1) is 8.03. The highest BCUT2D eigenvalue weighted by Gasteiger charge is 2.43. The number of allylic oxidation sites excluding steroid dienone is 1. The van der Waals surface area contributed by atoms with Gasteiger partial charge in [0.1, 0.15) is 0 Å². The van der Waals surface area contributed by atoms with Gasteiger partial charge in [-0.2, -0.15) is 0 Å². The summed E-state index contributed by atoms with van der Waals surface area (Å²) in [6.07, 6.45) is 8.21. The van der Waals surface area contributed by atoms with E-state index in [2.05, 4.69) is 24.8 Å². The van der Waals surface area contributed by atoms with Crippen LogP contribution in [0.2, 0.25) is 0 Å². The van der Waals surface area contributed by atoms with Crippen molar-refractivity contribution in [1.82, 2.24) is 4.90 Å². The van der Waals surface area contributed by atoms with Crippen LogP contribution >= 0.6 is 0 Å². The first-order valence-corrected chi connectivity index (χ1v) is 7.19. The Morgan fingerprint density at radius 3 is 3.06 bits per heavy atom. The van der Waals surface area contributed by atoms with Gasteiger partial charge in [0, 0.05) is 12.6 Å². The zero-order valence-electron chi connectivity index (χ0n) is 11.6. The number of hydrogen-bond acceptors (Lipinski definition) is 2. The molecular weight excluding hydrogens is 210 g/mol. The molecule has 2 aliphatic heterocycles. The van der Waals surface area contributed by atoms with Crippen molar-refractivity contribution in [3.63, 3.8) is 0 Å². The molecule has 0 aromatic carbocycles. The molecule has 2 heteroatoms. The van der Waals surface area contributed by atoms with E-state index in [0.717, 1.165) is 13.0 Å². The number of aliphatic hydroxyl groups is 1. The van der Waals surface area contributed by atoms with Gasteiger partial charge >= 0.3 is 0 Å². The van der Waals surface area contributed by atoms with Crippen molar-refractivity contribution in [3.8, 4) is 0 Å². The number of nitrogens with zero attached hydrogens (tertiary/aromatic N) is 1. The third kappa shape index (κ3) is 2.92. The van der Waals surface area contributed by atoms with Crippen molar-refractivity contribution >= 4 is 0 Å². The number of rotatable bonds is 3. The maximum absolute atomic E-state index is 10.6. The van der Waals surface area contributed by atoms with Crippen LogP contribution < -0.4 is 0 Å². The molecule has 0 aliphatic carbocycles. The lowest BCUT2D eigenvalue weighted by Crippen LogP contribution is -2.52. The highest BCUT2D eigenvalue weighted by Crippen LogP contribution is 2.37. The minimum Gasteiger partial charge on any atom is -0.388 e. The summed E-state index contributed by atoms with van der Waals surface area (Å²) < 4.78 is 0. The third-order valence-corrected chi connectivity index (χ3v) is 4.34. The van der Waals surface area contributed by atoms with Gasteiger partial charge in [-0.05, 0) is 45.1 Å². The first-order valence-electron chi connectivity index (χ1n) is 7.19. The molecule has 0 bridgehead atoms. The Kier molecular flexibility index (Phi) is 3.94. The fourth-order valence-corrected chi connectivity index (χ4v) is 3.67. The summed E-state index contributed by atoms with van der Waals surface area (Å²) in [5.41, 5.74) is 0.945. The molecule has 2 rings (SSSR count). The van der Waals surface area contributed by atoms with Gasteiger partial charge in [-0.25, -0.2) is 0 Å². The molecule has 2 saturated heterocycles. The molecule has 0 aromatic rings. The van der Waals surface area contributed by atoms with E-state index in [9.17, 15) is 5.11 Å². The van der Waals surface area contributed by atoms with Gasteiger partial charge in [0.2, 0.25) is 0 Å². The van der Waals surface area contributed by atoms with Gasteiger partial charge in [0.15, 0.2) is 0 Å². The van der Waals surface area contributed by atoms with E-state index >= 15 is 0 Å². The van der Waals surface area contributed by atoms with Crippen LogP contribution in [-0.4, -0.2) is 34.7 Å². The van der Waals surface area contributed by atoms with Crippen LogP contribution in [0.5, 0.6) is 0 Å². The van der Waals surface area contributed by atoms with Gasteiger partial charge in [-0.1, -0.05) is 31.9 Å². The molecule has 98 valence electrons. The highest BCUT2D eigenvalue weighted by atomic mass is 16.3. The lowest BCUT2D eigenvalue weighted by Gasteiger charge is -2.43. The lowest BCUT2D eigenvalue weighted by molar-refractivity contribution is -0.0330. The summed E-state index contributed by atoms with van der Waals surface area (Å²) in [5.74, 6) is 0.657. The largest absolute Gasteiger partial charge is 0.388 e. The molecule has 0 saturated carbocycles. The second kappa shape index (κ2) is 5.11. The molecule has 0 spiro atoms. The van der Waals surface area contributed by atoms with E-state index in [-0.39, 0.29) is 0 Å². The molecule has 2 nitrogen and oxygen atoms in total. The molecule has 0 aromatic heterocycles. The Hall–Kier alpha value is -0.340. The fraction of sp³-hybridized carbons (Fsp3) is 0.867. The van der Waals surface area contributed by atoms with Crippen LogP contribution in [0.25, 0.3) is 0 Å². The summed E-state index contributed by atoms with van der Waals surface area (Å²) in [5, 5.41) is 10.6. The quantitative estimate of drug-likeness (QED) is 0.763. The van der Waals surface area contributed by atoms with E-state index in [1.165, 1.54) is 37.8 Å². The SMILES string of the molecule is CCC[C@@H](C)/C=C1/CN2CCC[C@H]2[C@@](C)(O)C1. The molecule has 3 atom stereocenters. The maximum atomic E-state index is 10.6. The molecule has 17 heavy (non-hydrogen) atoms. The zero-order valence-corrected chi connectivity index (χ0v) is 11.6. The molecule has 1 N–H and O–H groups in total. The molecule has 2 heterocycles. The van der Waals surface area contributed by atoms with Crippen molar-refractivity contribution in [3.05, 3.63) is 11.6 Å². The van der Waals surface area contributed by atoms with Gasteiger partial charge in [-0.15, -0.1) is 0 Å². The highest BCUT2D eigenvalue weighted by molar-refractivity contribution is 5.17. The Balaban J connectivity index is 2.06. The molecule has 0 radical (unpaired) electrons. The Bertz CT molecular complexity index is 295. The molecule has 0 unspecified atom stereocenters. The van der Waals surface area contributed by atoms with Gasteiger partial charge in [0.25, 0.3) is 0 Å². The Morgan fingerprint density at radius 2 is 2.35 bits per heavy atom. The average Bonchev–Trinajstić information content (AvgIpc) is 2.65. The Morgan fingerprint density at radius 1 is 1.59 bits per heavy atom. The van der Waals surface area contributed by atoms with E-state index in [1.54, 1.807) is 0 Å². The van der Waals surface area contributed by atoms with Crippen LogP contribution in [-0.2, 0) is 0 Å². The summed E-state index contributed by atoms with van der Waals surface area (Å²) in [6, 6.07) is 0.404. The smallest absolute Gasteiger partial charge is 0.0811 e. The van der Waals surface area contributed by atoms with Gasteiger partial charge < -0.3 is 5.11 Å². The second-order valence-electron chi connectivity index (χ2n) is 6.25. The summed E-state index contributed by atoms with van der Waals surface area (Å²) in [7, 11) is 0. The zero-order chi connectivity index (χ0) is 12.5. The molecule has 0 amide bonds. The average molecular weight is 237 g/mol. The van der Waals surface area contributed by atoms with E-state index in [1.807, 2.05) is 6.92 Å². The molecule has 2 fully saturated rings. The van der Waals surface area contributed by atoms with Crippen molar-refractivity contribution in [2.45, 2.75) is 64.5 Å². The van der Waals surface area contributed by atoms with Crippen LogP contribution in [0.15, 0.2) is 11.6 Å². The van der Waals surface area contributed by atoms with Gasteiger partial charge in [-0.3, -0.25) is 4.90 Å². The lowest BCUT2D eigenvalue weighted by atomic mass is 9.82. The van der Waals surface area contributed by atoms with Crippen LogP contribution in [0.1, 0.15) is 52.9 Å². The number of fused-ring (bicyclic) bond motifs is 1. The maximum Gasteiger partial charge on any atom is 0.0811 e. The number of piperidine rings is 1. The second-order valence-corrected chi connectivity index (χ2v) is 6.25. The Labute approximate surface area is 106 Å². The van der Waals surface area contributed by atoms with Crippen molar-refractivity contribution in [2.75, 3.05) is 13.1 Å². The minimum atomic E-state index is -0.507. The normalized spacial score (nSPS) is 38.4. The summed E-state index contributed by atoms with van der Waals surface area (Å²) in [4.78, 5) is 2.48. The fourth-order valence-electron chi connectivity index (χ4n) is 3.67. The van der Waals surface area contributed by atoms with Crippen LogP contribution in [0, 0.1) is 5.92 Å². The van der Waals surface area contributed by atoms with Crippen LogP contribution in [0.4, 0.5) is 0 Å². The summed E-state index contributed by atoms with van der Waals surface area (Å²) >= 11 is 0. The molecule has 2 aliphatic rings. The first kappa shape index (κ1) is 13.1. The summed E-state index contributed by atoms with van der Waals surface area (Å²) in [6.45, 7) is 8.81. The molecular formula is C15H27NO.